The highest BCUT2D eigenvalue weighted by molar-refractivity contribution is 7.10. The largest absolute Gasteiger partial charge is 0.337 e. The van der Waals surface area contributed by atoms with Gasteiger partial charge in [-0.05, 0) is 67.6 Å². The number of nitrogens with one attached hydrogen (secondary N) is 2. The van der Waals surface area contributed by atoms with Gasteiger partial charge < -0.3 is 5.32 Å². The number of hydrogen-bond acceptors (Lipinski definition) is 3. The summed E-state index contributed by atoms with van der Waals surface area (Å²) in [6.45, 7) is 0.800. The monoisotopic (exact) mass is 315 g/mol. The van der Waals surface area contributed by atoms with Gasteiger partial charge in [-0.3, -0.25) is 5.32 Å². The summed E-state index contributed by atoms with van der Waals surface area (Å²) in [5.74, 6) is 5.75. The van der Waals surface area contributed by atoms with E-state index in [0.717, 1.165) is 24.3 Å². The van der Waals surface area contributed by atoms with Crippen molar-refractivity contribution in [3.8, 4) is 12.3 Å². The maximum atomic E-state index is 12.1. The first-order valence-electron chi connectivity index (χ1n) is 8.11. The van der Waals surface area contributed by atoms with Gasteiger partial charge in [0.15, 0.2) is 5.01 Å². The van der Waals surface area contributed by atoms with Crippen LogP contribution in [0.2, 0.25) is 0 Å². The van der Waals surface area contributed by atoms with Crippen molar-refractivity contribution in [1.29, 1.82) is 0 Å². The molecule has 4 bridgehead atoms. The summed E-state index contributed by atoms with van der Waals surface area (Å²) in [4.78, 5) is 16.2. The summed E-state index contributed by atoms with van der Waals surface area (Å²) in [6.07, 6.45) is 13.5. The Balaban J connectivity index is 1.34. The third-order valence-corrected chi connectivity index (χ3v) is 6.43. The Morgan fingerprint density at radius 1 is 1.32 bits per heavy atom. The molecule has 1 heterocycles. The number of aromatic nitrogens is 1. The lowest BCUT2D eigenvalue weighted by molar-refractivity contribution is -0.0496. The molecule has 4 saturated carbocycles. The maximum absolute atomic E-state index is 12.1. The van der Waals surface area contributed by atoms with Crippen molar-refractivity contribution in [3.63, 3.8) is 0 Å². The fourth-order valence-corrected chi connectivity index (χ4v) is 5.89. The SMILES string of the molecule is C#Cc1nc(NC(=O)NCC23CC4CC(CC(C4)C2)C3)cs1. The van der Waals surface area contributed by atoms with Crippen LogP contribution in [-0.4, -0.2) is 17.6 Å². The van der Waals surface area contributed by atoms with Crippen molar-refractivity contribution in [1.82, 2.24) is 10.3 Å². The summed E-state index contributed by atoms with van der Waals surface area (Å²) in [5.41, 5.74) is 0.359. The fraction of sp³-hybridized carbons (Fsp3) is 0.647. The average Bonchev–Trinajstić information content (AvgIpc) is 2.91. The minimum absolute atomic E-state index is 0.162. The molecule has 22 heavy (non-hydrogen) atoms. The van der Waals surface area contributed by atoms with E-state index < -0.39 is 0 Å². The van der Waals surface area contributed by atoms with Gasteiger partial charge in [0.1, 0.15) is 5.82 Å². The summed E-state index contributed by atoms with van der Waals surface area (Å²) in [7, 11) is 0. The van der Waals surface area contributed by atoms with Gasteiger partial charge in [0.2, 0.25) is 0 Å². The van der Waals surface area contributed by atoms with Crippen LogP contribution in [0.15, 0.2) is 5.38 Å². The predicted octanol–water partition coefficient (Wildman–Crippen LogP) is 3.46. The third-order valence-electron chi connectivity index (χ3n) is 5.66. The lowest BCUT2D eigenvalue weighted by Gasteiger charge is -2.56. The van der Waals surface area contributed by atoms with E-state index in [2.05, 4.69) is 21.5 Å². The van der Waals surface area contributed by atoms with E-state index >= 15 is 0 Å². The Labute approximate surface area is 135 Å². The second kappa shape index (κ2) is 5.27. The molecule has 4 aliphatic carbocycles. The van der Waals surface area contributed by atoms with Crippen molar-refractivity contribution in [2.24, 2.45) is 23.2 Å². The van der Waals surface area contributed by atoms with E-state index in [1.165, 1.54) is 49.9 Å². The molecular formula is C17H21N3OS. The van der Waals surface area contributed by atoms with Crippen LogP contribution in [0.4, 0.5) is 10.6 Å². The number of anilines is 1. The first-order chi connectivity index (χ1) is 10.6. The number of thiazole rings is 1. The number of amides is 2. The summed E-state index contributed by atoms with van der Waals surface area (Å²) < 4.78 is 0. The minimum atomic E-state index is -0.162. The highest BCUT2D eigenvalue weighted by atomic mass is 32.1. The number of rotatable bonds is 3. The molecule has 5 heteroatoms. The molecule has 0 aromatic carbocycles. The van der Waals surface area contributed by atoms with Gasteiger partial charge in [0.05, 0.1) is 0 Å². The molecule has 1 aromatic rings. The smallest absolute Gasteiger partial charge is 0.320 e. The molecule has 2 amide bonds. The van der Waals surface area contributed by atoms with E-state index in [1.807, 2.05) is 0 Å². The normalized spacial score (nSPS) is 35.1. The van der Waals surface area contributed by atoms with Gasteiger partial charge in [-0.15, -0.1) is 17.8 Å². The van der Waals surface area contributed by atoms with Gasteiger partial charge in [-0.1, -0.05) is 0 Å². The predicted molar refractivity (Wildman–Crippen MR) is 87.7 cm³/mol. The first kappa shape index (κ1) is 14.1. The number of carbonyl (C=O) groups is 1. The molecule has 116 valence electrons. The van der Waals surface area contributed by atoms with Gasteiger partial charge in [0, 0.05) is 11.9 Å². The van der Waals surface area contributed by atoms with E-state index in [0.29, 0.717) is 16.2 Å². The van der Waals surface area contributed by atoms with Gasteiger partial charge in [0.25, 0.3) is 0 Å². The number of nitrogens with zero attached hydrogens (tertiary/aromatic N) is 1. The third kappa shape index (κ3) is 2.61. The van der Waals surface area contributed by atoms with Crippen LogP contribution in [0.1, 0.15) is 43.5 Å². The Hall–Kier alpha value is -1.54. The Kier molecular flexibility index (Phi) is 3.37. The van der Waals surface area contributed by atoms with Crippen LogP contribution in [0, 0.1) is 35.5 Å². The highest BCUT2D eigenvalue weighted by Crippen LogP contribution is 2.59. The lowest BCUT2D eigenvalue weighted by Crippen LogP contribution is -2.51. The summed E-state index contributed by atoms with van der Waals surface area (Å²) in [6, 6.07) is -0.162. The second-order valence-corrected chi connectivity index (χ2v) is 8.27. The Bertz CT molecular complexity index is 595. The van der Waals surface area contributed by atoms with Crippen LogP contribution in [0.25, 0.3) is 0 Å². The molecule has 0 spiro atoms. The molecule has 5 rings (SSSR count). The van der Waals surface area contributed by atoms with Crippen LogP contribution >= 0.6 is 11.3 Å². The van der Waals surface area contributed by atoms with Gasteiger partial charge >= 0.3 is 6.03 Å². The molecule has 4 nitrogen and oxygen atoms in total. The zero-order chi connectivity index (χ0) is 15.2. The van der Waals surface area contributed by atoms with E-state index in [9.17, 15) is 4.79 Å². The number of terminal acetylenes is 1. The number of carbonyl (C=O) groups excluding carboxylic acids is 1. The van der Waals surface area contributed by atoms with Gasteiger partial charge in [-0.25, -0.2) is 9.78 Å². The standard InChI is InChI=1S/C17H21N3OS/c1-2-15-19-14(9-22-15)20-16(21)18-10-17-6-11-3-12(7-17)5-13(4-11)8-17/h1,9,11-13H,3-8,10H2,(H2,18,20,21). The molecule has 0 unspecified atom stereocenters. The molecule has 0 radical (unpaired) electrons. The molecule has 4 aliphatic rings. The van der Waals surface area contributed by atoms with Crippen molar-refractivity contribution in [2.75, 3.05) is 11.9 Å². The van der Waals surface area contributed by atoms with E-state index in [1.54, 1.807) is 5.38 Å². The van der Waals surface area contributed by atoms with Gasteiger partial charge in [-0.2, -0.15) is 0 Å². The van der Waals surface area contributed by atoms with Crippen LogP contribution < -0.4 is 10.6 Å². The first-order valence-corrected chi connectivity index (χ1v) is 8.99. The van der Waals surface area contributed by atoms with Crippen molar-refractivity contribution in [2.45, 2.75) is 38.5 Å². The number of hydrogen-bond donors (Lipinski definition) is 2. The van der Waals surface area contributed by atoms with Crippen molar-refractivity contribution in [3.05, 3.63) is 10.4 Å². The minimum Gasteiger partial charge on any atom is -0.337 e. The second-order valence-electron chi connectivity index (χ2n) is 7.41. The Morgan fingerprint density at radius 3 is 2.50 bits per heavy atom. The molecule has 0 saturated heterocycles. The molecule has 4 fully saturated rings. The van der Waals surface area contributed by atoms with Crippen LogP contribution in [0.3, 0.4) is 0 Å². The zero-order valence-corrected chi connectivity index (χ0v) is 13.4. The number of urea groups is 1. The van der Waals surface area contributed by atoms with E-state index in [-0.39, 0.29) is 6.03 Å². The maximum Gasteiger partial charge on any atom is 0.320 e. The molecule has 0 aliphatic heterocycles. The lowest BCUT2D eigenvalue weighted by atomic mass is 9.49. The molecule has 2 N–H and O–H groups in total. The highest BCUT2D eigenvalue weighted by Gasteiger charge is 2.50. The zero-order valence-electron chi connectivity index (χ0n) is 12.6. The fourth-order valence-electron chi connectivity index (χ4n) is 5.33. The topological polar surface area (TPSA) is 54.0 Å². The van der Waals surface area contributed by atoms with Crippen LogP contribution in [-0.2, 0) is 0 Å². The average molecular weight is 315 g/mol. The van der Waals surface area contributed by atoms with Crippen LogP contribution in [0.5, 0.6) is 0 Å². The molecular weight excluding hydrogens is 294 g/mol. The summed E-state index contributed by atoms with van der Waals surface area (Å²) in [5, 5.41) is 8.23. The Morgan fingerprint density at radius 2 is 1.95 bits per heavy atom. The quantitative estimate of drug-likeness (QED) is 0.839. The molecule has 0 atom stereocenters. The molecule has 1 aromatic heterocycles. The summed E-state index contributed by atoms with van der Waals surface area (Å²) >= 11 is 1.37. The van der Waals surface area contributed by atoms with E-state index in [4.69, 9.17) is 6.42 Å². The van der Waals surface area contributed by atoms with Crippen molar-refractivity contribution >= 4 is 23.2 Å². The van der Waals surface area contributed by atoms with Crippen molar-refractivity contribution < 1.29 is 4.79 Å².